The average Bonchev–Trinajstić information content (AvgIpc) is 2.75. The number of hydrogen-bond acceptors (Lipinski definition) is 1. The van der Waals surface area contributed by atoms with Gasteiger partial charge in [-0.25, -0.2) is 0 Å². The van der Waals surface area contributed by atoms with Crippen LogP contribution in [-0.4, -0.2) is 9.55 Å². The Morgan fingerprint density at radius 1 is 1.15 bits per heavy atom. The van der Waals surface area contributed by atoms with E-state index in [9.17, 15) is 0 Å². The molecule has 102 valence electrons. The Morgan fingerprint density at radius 2 is 1.90 bits per heavy atom. The molecule has 0 saturated carbocycles. The molecule has 0 atom stereocenters. The number of aryl methyl sites for hydroxylation is 1. The number of halogens is 3. The molecule has 1 heterocycles. The van der Waals surface area contributed by atoms with Crippen LogP contribution in [0.1, 0.15) is 5.56 Å². The third-order valence-electron chi connectivity index (χ3n) is 3.18. The van der Waals surface area contributed by atoms with Crippen molar-refractivity contribution in [3.05, 3.63) is 55.2 Å². The molecule has 3 rings (SSSR count). The minimum Gasteiger partial charge on any atom is -0.330 e. The van der Waals surface area contributed by atoms with Crippen molar-refractivity contribution in [1.29, 1.82) is 0 Å². The molecular weight excluding hydrogens is 379 g/mol. The highest BCUT2D eigenvalue weighted by atomic mass is 79.9. The number of H-pyrrole nitrogens is 1. The van der Waals surface area contributed by atoms with Crippen LogP contribution in [0.25, 0.3) is 16.7 Å². The van der Waals surface area contributed by atoms with Crippen molar-refractivity contribution in [1.82, 2.24) is 9.55 Å². The summed E-state index contributed by atoms with van der Waals surface area (Å²) in [5.41, 5.74) is 3.89. The van der Waals surface area contributed by atoms with Gasteiger partial charge in [0.2, 0.25) is 0 Å². The van der Waals surface area contributed by atoms with E-state index in [1.165, 1.54) is 0 Å². The number of fused-ring (bicyclic) bond motifs is 1. The molecule has 0 saturated heterocycles. The van der Waals surface area contributed by atoms with Crippen LogP contribution >= 0.6 is 51.3 Å². The second kappa shape index (κ2) is 5.19. The molecular formula is C14H9BrCl2N2S. The molecule has 20 heavy (non-hydrogen) atoms. The normalized spacial score (nSPS) is 11.2. The van der Waals surface area contributed by atoms with E-state index >= 15 is 0 Å². The van der Waals surface area contributed by atoms with Crippen LogP contribution in [0.2, 0.25) is 10.0 Å². The summed E-state index contributed by atoms with van der Waals surface area (Å²) >= 11 is 21.3. The molecule has 0 spiro atoms. The van der Waals surface area contributed by atoms with Crippen LogP contribution in [-0.2, 0) is 0 Å². The van der Waals surface area contributed by atoms with Crippen molar-refractivity contribution in [3.8, 4) is 5.69 Å². The molecule has 1 N–H and O–H groups in total. The van der Waals surface area contributed by atoms with Crippen LogP contribution in [0.3, 0.4) is 0 Å². The SMILES string of the molecule is Cc1cccc2c1[nH]c(=S)n2-c1ccc(Br)c(Cl)c1Cl. The summed E-state index contributed by atoms with van der Waals surface area (Å²) in [5.74, 6) is 0. The quantitative estimate of drug-likeness (QED) is 0.397. The summed E-state index contributed by atoms with van der Waals surface area (Å²) in [6.45, 7) is 2.04. The van der Waals surface area contributed by atoms with E-state index in [-0.39, 0.29) is 0 Å². The third-order valence-corrected chi connectivity index (χ3v) is 5.23. The number of nitrogens with one attached hydrogen (secondary N) is 1. The number of aromatic amines is 1. The van der Waals surface area contributed by atoms with Gasteiger partial charge < -0.3 is 4.98 Å². The van der Waals surface area contributed by atoms with Gasteiger partial charge in [0.15, 0.2) is 4.77 Å². The standard InChI is InChI=1S/C14H9BrCl2N2S/c1-7-3-2-4-10-13(7)18-14(20)19(10)9-6-5-8(15)11(16)12(9)17/h2-6H,1H3,(H,18,20). The maximum atomic E-state index is 6.36. The summed E-state index contributed by atoms with van der Waals surface area (Å²) in [7, 11) is 0. The Balaban J connectivity index is 2.42. The molecule has 0 unspecified atom stereocenters. The zero-order valence-corrected chi connectivity index (χ0v) is 14.3. The van der Waals surface area contributed by atoms with Gasteiger partial charge in [-0.05, 0) is 58.8 Å². The van der Waals surface area contributed by atoms with Crippen molar-refractivity contribution in [2.75, 3.05) is 0 Å². The van der Waals surface area contributed by atoms with Gasteiger partial charge in [-0.1, -0.05) is 35.3 Å². The second-order valence-corrected chi connectivity index (χ2v) is 6.43. The molecule has 0 aliphatic rings. The van der Waals surface area contributed by atoms with Gasteiger partial charge in [-0.3, -0.25) is 4.57 Å². The van der Waals surface area contributed by atoms with Crippen molar-refractivity contribution < 1.29 is 0 Å². The first-order valence-corrected chi connectivity index (χ1v) is 7.80. The summed E-state index contributed by atoms with van der Waals surface area (Å²) in [6, 6.07) is 9.78. The third kappa shape index (κ3) is 2.11. The van der Waals surface area contributed by atoms with Gasteiger partial charge in [0, 0.05) is 4.47 Å². The monoisotopic (exact) mass is 386 g/mol. The van der Waals surface area contributed by atoms with E-state index in [0.717, 1.165) is 26.8 Å². The van der Waals surface area contributed by atoms with Crippen molar-refractivity contribution in [3.63, 3.8) is 0 Å². The van der Waals surface area contributed by atoms with Crippen molar-refractivity contribution in [2.45, 2.75) is 6.92 Å². The Bertz CT molecular complexity index is 883. The van der Waals surface area contributed by atoms with Crippen LogP contribution in [0.15, 0.2) is 34.8 Å². The lowest BCUT2D eigenvalue weighted by Crippen LogP contribution is -1.95. The predicted octanol–water partition coefficient (Wildman–Crippen LogP) is 6.07. The number of nitrogens with zero attached hydrogens (tertiary/aromatic N) is 1. The molecule has 2 nitrogen and oxygen atoms in total. The van der Waals surface area contributed by atoms with Crippen LogP contribution < -0.4 is 0 Å². The summed E-state index contributed by atoms with van der Waals surface area (Å²) in [6.07, 6.45) is 0. The maximum absolute atomic E-state index is 6.36. The van der Waals surface area contributed by atoms with E-state index < -0.39 is 0 Å². The lowest BCUT2D eigenvalue weighted by atomic mass is 10.2. The molecule has 0 amide bonds. The number of rotatable bonds is 1. The molecule has 0 aliphatic heterocycles. The van der Waals surface area contributed by atoms with Gasteiger partial charge >= 0.3 is 0 Å². The molecule has 0 bridgehead atoms. The summed E-state index contributed by atoms with van der Waals surface area (Å²) in [4.78, 5) is 3.22. The zero-order chi connectivity index (χ0) is 14.4. The highest BCUT2D eigenvalue weighted by Crippen LogP contribution is 2.36. The lowest BCUT2D eigenvalue weighted by molar-refractivity contribution is 1.06. The molecule has 1 aromatic heterocycles. The minimum atomic E-state index is 0.472. The van der Waals surface area contributed by atoms with E-state index in [1.807, 2.05) is 41.8 Å². The molecule has 6 heteroatoms. The van der Waals surface area contributed by atoms with Crippen molar-refractivity contribution >= 4 is 62.4 Å². The number of para-hydroxylation sites is 1. The highest BCUT2D eigenvalue weighted by molar-refractivity contribution is 9.10. The van der Waals surface area contributed by atoms with Gasteiger partial charge in [0.25, 0.3) is 0 Å². The summed E-state index contributed by atoms with van der Waals surface area (Å²) in [5, 5.41) is 0.951. The fourth-order valence-electron chi connectivity index (χ4n) is 2.20. The largest absolute Gasteiger partial charge is 0.330 e. The maximum Gasteiger partial charge on any atom is 0.182 e. The Kier molecular flexibility index (Phi) is 3.67. The predicted molar refractivity (Wildman–Crippen MR) is 90.9 cm³/mol. The first-order valence-electron chi connectivity index (χ1n) is 5.85. The fourth-order valence-corrected chi connectivity index (χ4v) is 3.35. The smallest absolute Gasteiger partial charge is 0.182 e. The zero-order valence-electron chi connectivity index (χ0n) is 10.4. The first kappa shape index (κ1) is 14.1. The second-order valence-electron chi connectivity index (χ2n) is 4.43. The van der Waals surface area contributed by atoms with E-state index in [4.69, 9.17) is 35.4 Å². The van der Waals surface area contributed by atoms with E-state index in [2.05, 4.69) is 20.9 Å². The topological polar surface area (TPSA) is 20.7 Å². The number of imidazole rings is 1. The average molecular weight is 388 g/mol. The minimum absolute atomic E-state index is 0.472. The Morgan fingerprint density at radius 3 is 2.65 bits per heavy atom. The molecule has 0 aliphatic carbocycles. The van der Waals surface area contributed by atoms with Crippen LogP contribution in [0, 0.1) is 11.7 Å². The number of aromatic nitrogens is 2. The molecule has 0 radical (unpaired) electrons. The van der Waals surface area contributed by atoms with Crippen molar-refractivity contribution in [2.24, 2.45) is 0 Å². The van der Waals surface area contributed by atoms with Gasteiger partial charge in [-0.2, -0.15) is 0 Å². The molecule has 3 aromatic rings. The van der Waals surface area contributed by atoms with Crippen LogP contribution in [0.4, 0.5) is 0 Å². The van der Waals surface area contributed by atoms with Gasteiger partial charge in [0.05, 0.1) is 26.8 Å². The highest BCUT2D eigenvalue weighted by Gasteiger charge is 2.14. The van der Waals surface area contributed by atoms with Gasteiger partial charge in [0.1, 0.15) is 0 Å². The Hall–Kier alpha value is -0.810. The first-order chi connectivity index (χ1) is 9.50. The van der Waals surface area contributed by atoms with E-state index in [0.29, 0.717) is 14.8 Å². The molecule has 2 aromatic carbocycles. The lowest BCUT2D eigenvalue weighted by Gasteiger charge is -2.09. The van der Waals surface area contributed by atoms with Gasteiger partial charge in [-0.15, -0.1) is 0 Å². The number of benzene rings is 2. The fraction of sp³-hybridized carbons (Fsp3) is 0.0714. The number of hydrogen-bond donors (Lipinski definition) is 1. The summed E-state index contributed by atoms with van der Waals surface area (Å²) < 4.78 is 3.25. The van der Waals surface area contributed by atoms with E-state index in [1.54, 1.807) is 0 Å². The van der Waals surface area contributed by atoms with Crippen LogP contribution in [0.5, 0.6) is 0 Å². The molecule has 0 fully saturated rings. The Labute approximate surface area is 139 Å².